The van der Waals surface area contributed by atoms with Crippen molar-refractivity contribution >= 4 is 28.5 Å². The zero-order chi connectivity index (χ0) is 17.6. The molecule has 2 aliphatic rings. The molecule has 2 fully saturated rings. The van der Waals surface area contributed by atoms with Gasteiger partial charge in [-0.3, -0.25) is 15.0 Å². The van der Waals surface area contributed by atoms with Crippen LogP contribution in [0.15, 0.2) is 30.5 Å². The smallest absolute Gasteiger partial charge is 0.322 e. The molecule has 1 spiro atoms. The summed E-state index contributed by atoms with van der Waals surface area (Å²) in [7, 11) is 3.97. The molecule has 2 N–H and O–H groups in total. The maximum absolute atomic E-state index is 12.1. The first-order valence-corrected chi connectivity index (χ1v) is 8.38. The van der Waals surface area contributed by atoms with Crippen LogP contribution in [-0.4, -0.2) is 54.5 Å². The molecule has 1 atom stereocenters. The summed E-state index contributed by atoms with van der Waals surface area (Å²) >= 11 is 0. The number of rotatable bonds is 3. The second-order valence-electron chi connectivity index (χ2n) is 7.00. The van der Waals surface area contributed by atoms with Crippen LogP contribution in [0.5, 0.6) is 0 Å². The Morgan fingerprint density at radius 1 is 1.24 bits per heavy atom. The third-order valence-electron chi connectivity index (χ3n) is 5.04. The molecule has 2 aliphatic heterocycles. The van der Waals surface area contributed by atoms with E-state index in [0.717, 1.165) is 23.3 Å². The molecule has 7 nitrogen and oxygen atoms in total. The Balaban J connectivity index is 1.61. The fraction of sp³-hybridized carbons (Fsp3) is 0.389. The first-order valence-electron chi connectivity index (χ1n) is 8.38. The van der Waals surface area contributed by atoms with Crippen molar-refractivity contribution < 1.29 is 9.59 Å². The van der Waals surface area contributed by atoms with E-state index >= 15 is 0 Å². The van der Waals surface area contributed by atoms with E-state index in [1.807, 2.05) is 37.3 Å². The lowest BCUT2D eigenvalue weighted by molar-refractivity contribution is -0.123. The van der Waals surface area contributed by atoms with Gasteiger partial charge in [0.25, 0.3) is 5.91 Å². The van der Waals surface area contributed by atoms with Crippen LogP contribution in [0.1, 0.15) is 12.0 Å². The number of imide groups is 1. The molecular weight excluding hydrogens is 318 g/mol. The summed E-state index contributed by atoms with van der Waals surface area (Å²) < 4.78 is 0. The molecule has 3 amide bonds. The van der Waals surface area contributed by atoms with Gasteiger partial charge in [0.05, 0.1) is 0 Å². The summed E-state index contributed by atoms with van der Waals surface area (Å²) in [6, 6.07) is 7.84. The number of nitrogens with zero attached hydrogens (tertiary/aromatic N) is 3. The monoisotopic (exact) mass is 339 g/mol. The standard InChI is InChI=1S/C18H21N5O2/c1-22(2)15-14-6-4-3-5-13(14)12(9-19-15)10-23-8-7-18(11-23)16(24)20-17(25)21-18/h3-6,9H,7-8,10-11H2,1-2H3,(H2,20,21,24,25). The van der Waals surface area contributed by atoms with Crippen molar-refractivity contribution in [1.29, 1.82) is 0 Å². The van der Waals surface area contributed by atoms with Crippen LogP contribution >= 0.6 is 0 Å². The third kappa shape index (κ3) is 2.60. The first kappa shape index (κ1) is 15.8. The van der Waals surface area contributed by atoms with Crippen molar-refractivity contribution in [1.82, 2.24) is 20.5 Å². The second-order valence-corrected chi connectivity index (χ2v) is 7.00. The minimum Gasteiger partial charge on any atom is -0.362 e. The highest BCUT2D eigenvalue weighted by atomic mass is 16.2. The number of nitrogens with one attached hydrogen (secondary N) is 2. The molecule has 1 aromatic carbocycles. The number of urea groups is 1. The number of hydrogen-bond acceptors (Lipinski definition) is 5. The Morgan fingerprint density at radius 3 is 2.68 bits per heavy atom. The van der Waals surface area contributed by atoms with E-state index in [0.29, 0.717) is 19.5 Å². The number of likely N-dealkylation sites (tertiary alicyclic amines) is 1. The van der Waals surface area contributed by atoms with Gasteiger partial charge in [0.2, 0.25) is 0 Å². The highest BCUT2D eigenvalue weighted by Gasteiger charge is 2.50. The number of benzene rings is 1. The number of hydrogen-bond donors (Lipinski definition) is 2. The average molecular weight is 339 g/mol. The lowest BCUT2D eigenvalue weighted by Crippen LogP contribution is -2.48. The molecule has 0 radical (unpaired) electrons. The number of fused-ring (bicyclic) bond motifs is 1. The van der Waals surface area contributed by atoms with Crippen LogP contribution in [0.2, 0.25) is 0 Å². The van der Waals surface area contributed by atoms with E-state index in [1.54, 1.807) is 0 Å². The van der Waals surface area contributed by atoms with Gasteiger partial charge in [-0.05, 0) is 17.4 Å². The summed E-state index contributed by atoms with van der Waals surface area (Å²) in [5, 5.41) is 7.43. The largest absolute Gasteiger partial charge is 0.362 e. The lowest BCUT2D eigenvalue weighted by Gasteiger charge is -2.22. The van der Waals surface area contributed by atoms with Gasteiger partial charge in [0, 0.05) is 45.3 Å². The third-order valence-corrected chi connectivity index (χ3v) is 5.04. The fourth-order valence-corrected chi connectivity index (χ4v) is 3.80. The van der Waals surface area contributed by atoms with Crippen LogP contribution in [0.25, 0.3) is 10.8 Å². The first-order chi connectivity index (χ1) is 12.0. The maximum Gasteiger partial charge on any atom is 0.322 e. The maximum atomic E-state index is 12.1. The van der Waals surface area contributed by atoms with Gasteiger partial charge in [0.1, 0.15) is 11.4 Å². The van der Waals surface area contributed by atoms with Gasteiger partial charge >= 0.3 is 6.03 Å². The summed E-state index contributed by atoms with van der Waals surface area (Å²) in [6.07, 6.45) is 2.54. The normalized spacial score (nSPS) is 23.3. The van der Waals surface area contributed by atoms with Crippen molar-refractivity contribution in [2.75, 3.05) is 32.1 Å². The molecule has 1 unspecified atom stereocenters. The molecule has 130 valence electrons. The molecule has 2 aromatic rings. The second kappa shape index (κ2) is 5.70. The summed E-state index contributed by atoms with van der Waals surface area (Å²) in [6.45, 7) is 1.98. The van der Waals surface area contributed by atoms with Crippen molar-refractivity contribution in [3.63, 3.8) is 0 Å². The highest BCUT2D eigenvalue weighted by Crippen LogP contribution is 2.30. The van der Waals surface area contributed by atoms with Gasteiger partial charge in [-0.2, -0.15) is 0 Å². The molecule has 1 aromatic heterocycles. The SMILES string of the molecule is CN(C)c1ncc(CN2CCC3(C2)NC(=O)NC3=O)c2ccccc12. The Hall–Kier alpha value is -2.67. The zero-order valence-electron chi connectivity index (χ0n) is 14.4. The molecule has 7 heteroatoms. The van der Waals surface area contributed by atoms with Crippen LogP contribution in [0.3, 0.4) is 0 Å². The molecule has 0 aliphatic carbocycles. The van der Waals surface area contributed by atoms with E-state index in [2.05, 4.69) is 32.7 Å². The van der Waals surface area contributed by atoms with Crippen molar-refractivity contribution in [3.05, 3.63) is 36.0 Å². The number of pyridine rings is 1. The van der Waals surface area contributed by atoms with E-state index in [4.69, 9.17) is 0 Å². The summed E-state index contributed by atoms with van der Waals surface area (Å²) in [5.74, 6) is 0.727. The van der Waals surface area contributed by atoms with Crippen molar-refractivity contribution in [2.24, 2.45) is 0 Å². The van der Waals surface area contributed by atoms with E-state index in [9.17, 15) is 9.59 Å². The Morgan fingerprint density at radius 2 is 2.00 bits per heavy atom. The Bertz CT molecular complexity index is 866. The number of amides is 3. The Kier molecular flexibility index (Phi) is 3.61. The molecule has 0 saturated carbocycles. The summed E-state index contributed by atoms with van der Waals surface area (Å²) in [5.41, 5.74) is 0.354. The predicted octanol–water partition coefficient (Wildman–Crippen LogP) is 1.08. The molecule has 25 heavy (non-hydrogen) atoms. The lowest BCUT2D eigenvalue weighted by atomic mass is 9.99. The zero-order valence-corrected chi connectivity index (χ0v) is 14.4. The van der Waals surface area contributed by atoms with Gasteiger partial charge in [-0.25, -0.2) is 9.78 Å². The van der Waals surface area contributed by atoms with Gasteiger partial charge in [-0.1, -0.05) is 24.3 Å². The minimum absolute atomic E-state index is 0.217. The van der Waals surface area contributed by atoms with Gasteiger partial charge in [0.15, 0.2) is 0 Å². The molecular formula is C18H21N5O2. The molecule has 2 saturated heterocycles. The summed E-state index contributed by atoms with van der Waals surface area (Å²) in [4.78, 5) is 32.4. The molecule has 4 rings (SSSR count). The van der Waals surface area contributed by atoms with Crippen molar-refractivity contribution in [2.45, 2.75) is 18.5 Å². The number of carbonyl (C=O) groups is 2. The van der Waals surface area contributed by atoms with Crippen LogP contribution in [0.4, 0.5) is 10.6 Å². The van der Waals surface area contributed by atoms with Crippen molar-refractivity contribution in [3.8, 4) is 0 Å². The minimum atomic E-state index is -0.774. The quantitative estimate of drug-likeness (QED) is 0.819. The van der Waals surface area contributed by atoms with E-state index < -0.39 is 11.6 Å². The fourth-order valence-electron chi connectivity index (χ4n) is 3.80. The highest BCUT2D eigenvalue weighted by molar-refractivity contribution is 6.07. The number of carbonyl (C=O) groups excluding carboxylic acids is 2. The average Bonchev–Trinajstić information content (AvgIpc) is 3.10. The predicted molar refractivity (Wildman–Crippen MR) is 95.4 cm³/mol. The van der Waals surface area contributed by atoms with E-state index in [-0.39, 0.29) is 5.91 Å². The van der Waals surface area contributed by atoms with Crippen LogP contribution in [0, 0.1) is 0 Å². The number of aromatic nitrogens is 1. The van der Waals surface area contributed by atoms with Gasteiger partial charge < -0.3 is 10.2 Å². The topological polar surface area (TPSA) is 77.6 Å². The van der Waals surface area contributed by atoms with Crippen LogP contribution < -0.4 is 15.5 Å². The van der Waals surface area contributed by atoms with Gasteiger partial charge in [-0.15, -0.1) is 0 Å². The molecule has 3 heterocycles. The van der Waals surface area contributed by atoms with E-state index in [1.165, 1.54) is 5.39 Å². The van der Waals surface area contributed by atoms with Crippen LogP contribution in [-0.2, 0) is 11.3 Å². The Labute approximate surface area is 146 Å². The molecule has 0 bridgehead atoms. The number of anilines is 1.